The number of ether oxygens (including phenoxy) is 1. The molecule has 21 heavy (non-hydrogen) atoms. The highest BCUT2D eigenvalue weighted by molar-refractivity contribution is 5.97. The molecule has 0 saturated carbocycles. The van der Waals surface area contributed by atoms with Gasteiger partial charge in [-0.05, 0) is 37.8 Å². The zero-order valence-corrected chi connectivity index (χ0v) is 12.3. The lowest BCUT2D eigenvalue weighted by Crippen LogP contribution is -2.33. The number of anilines is 2. The largest absolute Gasteiger partial charge is 0.397 e. The van der Waals surface area contributed by atoms with E-state index < -0.39 is 0 Å². The molecule has 5 nitrogen and oxygen atoms in total. The smallest absolute Gasteiger partial charge is 0.324 e. The first-order valence-electron chi connectivity index (χ1n) is 7.78. The quantitative estimate of drug-likeness (QED) is 0.847. The van der Waals surface area contributed by atoms with Crippen molar-refractivity contribution in [3.05, 3.63) is 24.3 Å². The Morgan fingerprint density at radius 2 is 2.14 bits per heavy atom. The fraction of sp³-hybridized carbons (Fsp3) is 0.562. The number of benzene rings is 1. The Morgan fingerprint density at radius 3 is 2.90 bits per heavy atom. The molecule has 3 rings (SSSR count). The number of carbonyl (C=O) groups excluding carboxylic acids is 1. The first kappa shape index (κ1) is 14.2. The van der Waals surface area contributed by atoms with Crippen LogP contribution in [0.2, 0.25) is 0 Å². The molecule has 5 heteroatoms. The number of carbonyl (C=O) groups is 1. The highest BCUT2D eigenvalue weighted by atomic mass is 16.5. The average molecular weight is 289 g/mol. The standard InChI is InChI=1S/C16H23N3O2/c17-14-7-1-2-8-15(14)19-11-10-18(16(19)20)9-3-5-13-6-4-12-21-13/h1-2,7-8,13H,3-6,9-12,17H2. The van der Waals surface area contributed by atoms with Crippen LogP contribution in [0.3, 0.4) is 0 Å². The summed E-state index contributed by atoms with van der Waals surface area (Å²) in [6, 6.07) is 7.61. The monoisotopic (exact) mass is 289 g/mol. The molecule has 2 aliphatic heterocycles. The van der Waals surface area contributed by atoms with E-state index in [0.29, 0.717) is 18.3 Å². The molecule has 0 radical (unpaired) electrons. The SMILES string of the molecule is Nc1ccccc1N1CCN(CCCC2CCCO2)C1=O. The van der Waals surface area contributed by atoms with Crippen molar-refractivity contribution in [1.29, 1.82) is 0 Å². The van der Waals surface area contributed by atoms with Gasteiger partial charge in [-0.1, -0.05) is 12.1 Å². The van der Waals surface area contributed by atoms with Crippen molar-refractivity contribution in [1.82, 2.24) is 4.90 Å². The molecule has 2 fully saturated rings. The number of nitrogens with zero attached hydrogens (tertiary/aromatic N) is 2. The molecule has 1 aromatic rings. The maximum absolute atomic E-state index is 12.5. The number of para-hydroxylation sites is 2. The molecule has 2 N–H and O–H groups in total. The second kappa shape index (κ2) is 6.35. The molecule has 1 unspecified atom stereocenters. The van der Waals surface area contributed by atoms with Gasteiger partial charge >= 0.3 is 6.03 Å². The van der Waals surface area contributed by atoms with Crippen molar-refractivity contribution in [2.24, 2.45) is 0 Å². The van der Waals surface area contributed by atoms with E-state index in [1.165, 1.54) is 12.8 Å². The van der Waals surface area contributed by atoms with Gasteiger partial charge in [0.05, 0.1) is 17.5 Å². The van der Waals surface area contributed by atoms with Crippen LogP contribution >= 0.6 is 0 Å². The molecule has 1 aromatic carbocycles. The van der Waals surface area contributed by atoms with Gasteiger partial charge in [0.1, 0.15) is 0 Å². The van der Waals surface area contributed by atoms with Crippen molar-refractivity contribution in [2.75, 3.05) is 36.9 Å². The zero-order valence-electron chi connectivity index (χ0n) is 12.3. The number of nitrogen functional groups attached to an aromatic ring is 1. The van der Waals surface area contributed by atoms with E-state index in [-0.39, 0.29) is 6.03 Å². The van der Waals surface area contributed by atoms with Crippen molar-refractivity contribution in [2.45, 2.75) is 31.8 Å². The highest BCUT2D eigenvalue weighted by Crippen LogP contribution is 2.26. The number of rotatable bonds is 5. The minimum atomic E-state index is 0.0697. The van der Waals surface area contributed by atoms with Crippen LogP contribution in [0.4, 0.5) is 16.2 Å². The molecular formula is C16H23N3O2. The normalized spacial score (nSPS) is 22.3. The van der Waals surface area contributed by atoms with Crippen LogP contribution in [0.1, 0.15) is 25.7 Å². The molecule has 114 valence electrons. The van der Waals surface area contributed by atoms with Crippen molar-refractivity contribution in [3.8, 4) is 0 Å². The van der Waals surface area contributed by atoms with Crippen LogP contribution in [0.15, 0.2) is 24.3 Å². The lowest BCUT2D eigenvalue weighted by molar-refractivity contribution is 0.100. The van der Waals surface area contributed by atoms with Gasteiger partial charge in [-0.2, -0.15) is 0 Å². The Hall–Kier alpha value is -1.75. The van der Waals surface area contributed by atoms with E-state index >= 15 is 0 Å². The highest BCUT2D eigenvalue weighted by Gasteiger charge is 2.30. The average Bonchev–Trinajstić information content (AvgIpc) is 3.11. The number of hydrogen-bond donors (Lipinski definition) is 1. The minimum Gasteiger partial charge on any atom is -0.397 e. The first-order chi connectivity index (χ1) is 10.3. The lowest BCUT2D eigenvalue weighted by atomic mass is 10.1. The van der Waals surface area contributed by atoms with E-state index in [1.54, 1.807) is 4.90 Å². The van der Waals surface area contributed by atoms with E-state index in [9.17, 15) is 4.79 Å². The molecule has 0 bridgehead atoms. The number of amides is 2. The first-order valence-corrected chi connectivity index (χ1v) is 7.78. The maximum atomic E-state index is 12.5. The predicted octanol–water partition coefficient (Wildman–Crippen LogP) is 2.47. The van der Waals surface area contributed by atoms with Gasteiger partial charge in [0, 0.05) is 26.2 Å². The molecule has 0 aliphatic carbocycles. The van der Waals surface area contributed by atoms with Crippen molar-refractivity contribution >= 4 is 17.4 Å². The molecule has 2 heterocycles. The number of hydrogen-bond acceptors (Lipinski definition) is 3. The van der Waals surface area contributed by atoms with Crippen LogP contribution in [-0.4, -0.2) is 43.3 Å². The Morgan fingerprint density at radius 1 is 1.29 bits per heavy atom. The third-order valence-corrected chi connectivity index (χ3v) is 4.30. The predicted molar refractivity (Wildman–Crippen MR) is 83.4 cm³/mol. The summed E-state index contributed by atoms with van der Waals surface area (Å²) >= 11 is 0. The lowest BCUT2D eigenvalue weighted by Gasteiger charge is -2.20. The van der Waals surface area contributed by atoms with Gasteiger partial charge in [0.15, 0.2) is 0 Å². The molecule has 0 spiro atoms. The summed E-state index contributed by atoms with van der Waals surface area (Å²) in [4.78, 5) is 16.1. The van der Waals surface area contributed by atoms with Crippen molar-refractivity contribution < 1.29 is 9.53 Å². The fourth-order valence-electron chi connectivity index (χ4n) is 3.13. The van der Waals surface area contributed by atoms with Gasteiger partial charge in [0.25, 0.3) is 0 Å². The van der Waals surface area contributed by atoms with E-state index in [4.69, 9.17) is 10.5 Å². The van der Waals surface area contributed by atoms with Crippen LogP contribution in [0.25, 0.3) is 0 Å². The van der Waals surface area contributed by atoms with E-state index in [1.807, 2.05) is 29.2 Å². The van der Waals surface area contributed by atoms with Crippen LogP contribution < -0.4 is 10.6 Å². The third-order valence-electron chi connectivity index (χ3n) is 4.30. The second-order valence-electron chi connectivity index (χ2n) is 5.76. The van der Waals surface area contributed by atoms with Gasteiger partial charge in [-0.25, -0.2) is 4.79 Å². The topological polar surface area (TPSA) is 58.8 Å². The van der Waals surface area contributed by atoms with Crippen molar-refractivity contribution in [3.63, 3.8) is 0 Å². The summed E-state index contributed by atoms with van der Waals surface area (Å²) in [6.45, 7) is 3.20. The maximum Gasteiger partial charge on any atom is 0.324 e. The summed E-state index contributed by atoms with van der Waals surface area (Å²) in [7, 11) is 0. The minimum absolute atomic E-state index is 0.0697. The fourth-order valence-corrected chi connectivity index (χ4v) is 3.13. The van der Waals surface area contributed by atoms with Crippen LogP contribution in [-0.2, 0) is 4.74 Å². The van der Waals surface area contributed by atoms with Crippen LogP contribution in [0.5, 0.6) is 0 Å². The summed E-state index contributed by atoms with van der Waals surface area (Å²) in [5.74, 6) is 0. The Kier molecular flexibility index (Phi) is 4.29. The van der Waals surface area contributed by atoms with Gasteiger partial charge < -0.3 is 15.4 Å². The molecule has 2 amide bonds. The van der Waals surface area contributed by atoms with E-state index in [2.05, 4.69) is 0 Å². The molecular weight excluding hydrogens is 266 g/mol. The molecule has 1 atom stereocenters. The summed E-state index contributed by atoms with van der Waals surface area (Å²) in [5.41, 5.74) is 7.44. The molecule has 2 saturated heterocycles. The molecule has 0 aromatic heterocycles. The van der Waals surface area contributed by atoms with Gasteiger partial charge in [-0.3, -0.25) is 4.90 Å². The Bertz CT molecular complexity index is 500. The third kappa shape index (κ3) is 3.13. The summed E-state index contributed by atoms with van der Waals surface area (Å²) < 4.78 is 5.62. The van der Waals surface area contributed by atoms with Crippen LogP contribution in [0, 0.1) is 0 Å². The summed E-state index contributed by atoms with van der Waals surface area (Å²) in [5, 5.41) is 0. The van der Waals surface area contributed by atoms with E-state index in [0.717, 1.165) is 38.2 Å². The molecule has 2 aliphatic rings. The van der Waals surface area contributed by atoms with Gasteiger partial charge in [-0.15, -0.1) is 0 Å². The van der Waals surface area contributed by atoms with Gasteiger partial charge in [0.2, 0.25) is 0 Å². The number of urea groups is 1. The Balaban J connectivity index is 1.52. The number of nitrogens with two attached hydrogens (primary N) is 1. The zero-order chi connectivity index (χ0) is 14.7. The summed E-state index contributed by atoms with van der Waals surface area (Å²) in [6.07, 6.45) is 4.81. The Labute approximate surface area is 125 Å². The second-order valence-corrected chi connectivity index (χ2v) is 5.76.